The Morgan fingerprint density at radius 2 is 2.12 bits per heavy atom. The number of amides is 1. The van der Waals surface area contributed by atoms with Gasteiger partial charge in [0.05, 0.1) is 23.9 Å². The maximum atomic E-state index is 12.8. The fraction of sp³-hybridized carbons (Fsp3) is 0.500. The Balaban J connectivity index is 1.51. The summed E-state index contributed by atoms with van der Waals surface area (Å²) in [5.74, 6) is 0.711. The summed E-state index contributed by atoms with van der Waals surface area (Å²) < 4.78 is 7.65. The second kappa shape index (κ2) is 7.25. The third-order valence-corrected chi connectivity index (χ3v) is 5.13. The Hall–Kier alpha value is -2.12. The van der Waals surface area contributed by atoms with Crippen molar-refractivity contribution in [1.29, 1.82) is 0 Å². The van der Waals surface area contributed by atoms with Crippen molar-refractivity contribution in [1.82, 2.24) is 19.4 Å². The highest BCUT2D eigenvalue weighted by atomic mass is 35.5. The quantitative estimate of drug-likeness (QED) is 0.823. The number of carbonyl (C=O) groups is 1. The molecule has 2 saturated heterocycles. The van der Waals surface area contributed by atoms with Crippen LogP contribution in [0.2, 0.25) is 5.02 Å². The van der Waals surface area contributed by atoms with E-state index in [1.54, 1.807) is 27.9 Å². The Kier molecular flexibility index (Phi) is 4.82. The number of aryl methyl sites for hydroxylation is 1. The minimum atomic E-state index is -0.243. The van der Waals surface area contributed by atoms with Crippen molar-refractivity contribution in [3.05, 3.63) is 40.9 Å². The summed E-state index contributed by atoms with van der Waals surface area (Å²) in [5, 5.41) is 0.562. The number of ether oxygens (including phenoxy) is 1. The molecule has 2 aromatic heterocycles. The molecule has 0 saturated carbocycles. The molecule has 26 heavy (non-hydrogen) atoms. The molecule has 138 valence electrons. The third-order valence-electron chi connectivity index (χ3n) is 4.93. The summed E-state index contributed by atoms with van der Waals surface area (Å²) >= 11 is 6.01. The summed E-state index contributed by atoms with van der Waals surface area (Å²) in [6.45, 7) is 3.50. The average Bonchev–Trinajstić information content (AvgIpc) is 3.31. The molecule has 0 bridgehead atoms. The highest BCUT2D eigenvalue weighted by Gasteiger charge is 2.29. The molecule has 0 aromatic carbocycles. The molecule has 1 amide bonds. The highest BCUT2D eigenvalue weighted by Crippen LogP contribution is 2.25. The lowest BCUT2D eigenvalue weighted by Crippen LogP contribution is -2.43. The molecular formula is C18H22ClN5O2. The fourth-order valence-electron chi connectivity index (χ4n) is 3.52. The average molecular weight is 376 g/mol. The number of morpholine rings is 1. The van der Waals surface area contributed by atoms with Gasteiger partial charge in [-0.2, -0.15) is 0 Å². The zero-order valence-electron chi connectivity index (χ0n) is 14.8. The number of anilines is 1. The second-order valence-electron chi connectivity index (χ2n) is 6.74. The molecule has 2 aromatic rings. The van der Waals surface area contributed by atoms with E-state index in [-0.39, 0.29) is 12.0 Å². The largest absolute Gasteiger partial charge is 0.368 e. The number of rotatable bonds is 3. The van der Waals surface area contributed by atoms with Gasteiger partial charge in [-0.05, 0) is 25.0 Å². The summed E-state index contributed by atoms with van der Waals surface area (Å²) in [5.41, 5.74) is 1.40. The Morgan fingerprint density at radius 3 is 2.85 bits per heavy atom. The van der Waals surface area contributed by atoms with E-state index in [9.17, 15) is 4.79 Å². The van der Waals surface area contributed by atoms with Gasteiger partial charge in [-0.1, -0.05) is 11.6 Å². The fourth-order valence-corrected chi connectivity index (χ4v) is 3.77. The van der Waals surface area contributed by atoms with Crippen LogP contribution in [0.25, 0.3) is 0 Å². The minimum Gasteiger partial charge on any atom is -0.368 e. The predicted octanol–water partition coefficient (Wildman–Crippen LogP) is 2.28. The standard InChI is InChI=1S/C18H22ClN5O2/c1-22-11-13(19)10-15(22)17(25)24-8-9-26-16(12-24)14-4-5-20-18(21-14)23-6-2-3-7-23/h4-5,10-11,16H,2-3,6-9,12H2,1H3/t16-/m0/s1. The monoisotopic (exact) mass is 375 g/mol. The van der Waals surface area contributed by atoms with Gasteiger partial charge in [0.15, 0.2) is 0 Å². The summed E-state index contributed by atoms with van der Waals surface area (Å²) in [6, 6.07) is 3.57. The van der Waals surface area contributed by atoms with Crippen molar-refractivity contribution in [2.24, 2.45) is 7.05 Å². The number of carbonyl (C=O) groups excluding carboxylic acids is 1. The molecule has 4 rings (SSSR count). The van der Waals surface area contributed by atoms with Crippen LogP contribution in [-0.4, -0.2) is 58.1 Å². The lowest BCUT2D eigenvalue weighted by Gasteiger charge is -2.33. The van der Waals surface area contributed by atoms with Crippen LogP contribution >= 0.6 is 11.6 Å². The van der Waals surface area contributed by atoms with Crippen LogP contribution in [0.5, 0.6) is 0 Å². The first kappa shape index (κ1) is 17.3. The molecule has 0 N–H and O–H groups in total. The molecule has 8 heteroatoms. The summed E-state index contributed by atoms with van der Waals surface area (Å²) in [6.07, 6.45) is 5.62. The molecule has 0 unspecified atom stereocenters. The smallest absolute Gasteiger partial charge is 0.270 e. The minimum absolute atomic E-state index is 0.0403. The van der Waals surface area contributed by atoms with Crippen LogP contribution in [0.4, 0.5) is 5.95 Å². The first-order valence-corrected chi connectivity index (χ1v) is 9.30. The van der Waals surface area contributed by atoms with Gasteiger partial charge in [-0.15, -0.1) is 0 Å². The van der Waals surface area contributed by atoms with Crippen molar-refractivity contribution >= 4 is 23.5 Å². The first-order chi connectivity index (χ1) is 12.6. The summed E-state index contributed by atoms with van der Waals surface area (Å²) in [7, 11) is 1.82. The number of hydrogen-bond donors (Lipinski definition) is 0. The normalized spacial score (nSPS) is 20.6. The molecule has 1 atom stereocenters. The van der Waals surface area contributed by atoms with E-state index in [1.165, 1.54) is 12.8 Å². The van der Waals surface area contributed by atoms with Gasteiger partial charge in [0, 0.05) is 39.1 Å². The number of halogens is 1. The molecule has 7 nitrogen and oxygen atoms in total. The van der Waals surface area contributed by atoms with Gasteiger partial charge in [0.25, 0.3) is 5.91 Å². The number of nitrogens with zero attached hydrogens (tertiary/aromatic N) is 5. The van der Waals surface area contributed by atoms with E-state index in [0.717, 1.165) is 24.7 Å². The first-order valence-electron chi connectivity index (χ1n) is 8.92. The maximum Gasteiger partial charge on any atom is 0.270 e. The van der Waals surface area contributed by atoms with Crippen molar-refractivity contribution < 1.29 is 9.53 Å². The van der Waals surface area contributed by atoms with Crippen LogP contribution in [0.1, 0.15) is 35.1 Å². The van der Waals surface area contributed by atoms with Crippen LogP contribution < -0.4 is 4.90 Å². The van der Waals surface area contributed by atoms with Crippen LogP contribution in [-0.2, 0) is 11.8 Å². The van der Waals surface area contributed by atoms with E-state index in [2.05, 4.69) is 9.88 Å². The second-order valence-corrected chi connectivity index (χ2v) is 7.18. The predicted molar refractivity (Wildman–Crippen MR) is 98.5 cm³/mol. The molecule has 2 aliphatic rings. The Bertz CT molecular complexity index is 803. The van der Waals surface area contributed by atoms with E-state index >= 15 is 0 Å². The Morgan fingerprint density at radius 1 is 1.31 bits per heavy atom. The third kappa shape index (κ3) is 3.41. The zero-order valence-corrected chi connectivity index (χ0v) is 15.5. The van der Waals surface area contributed by atoms with Crippen molar-refractivity contribution in [2.45, 2.75) is 18.9 Å². The zero-order chi connectivity index (χ0) is 18.1. The van der Waals surface area contributed by atoms with Crippen LogP contribution in [0.15, 0.2) is 24.5 Å². The van der Waals surface area contributed by atoms with Crippen LogP contribution in [0, 0.1) is 0 Å². The van der Waals surface area contributed by atoms with Gasteiger partial charge >= 0.3 is 0 Å². The number of aromatic nitrogens is 3. The molecule has 0 spiro atoms. The Labute approximate surface area is 157 Å². The van der Waals surface area contributed by atoms with Gasteiger partial charge in [0.2, 0.25) is 5.95 Å². The summed E-state index contributed by atoms with van der Waals surface area (Å²) in [4.78, 5) is 25.9. The van der Waals surface area contributed by atoms with Gasteiger partial charge in [-0.3, -0.25) is 4.79 Å². The SMILES string of the molecule is Cn1cc(Cl)cc1C(=O)N1CCO[C@H](c2ccnc(N3CCCC3)n2)C1. The van der Waals surface area contributed by atoms with Crippen molar-refractivity contribution in [2.75, 3.05) is 37.7 Å². The highest BCUT2D eigenvalue weighted by molar-refractivity contribution is 6.31. The van der Waals surface area contributed by atoms with Crippen LogP contribution in [0.3, 0.4) is 0 Å². The molecule has 4 heterocycles. The molecule has 2 aliphatic heterocycles. The van der Waals surface area contributed by atoms with Crippen molar-refractivity contribution in [3.8, 4) is 0 Å². The van der Waals surface area contributed by atoms with Gasteiger partial charge in [0.1, 0.15) is 11.8 Å². The maximum absolute atomic E-state index is 12.8. The van der Waals surface area contributed by atoms with Gasteiger partial charge in [-0.25, -0.2) is 9.97 Å². The van der Waals surface area contributed by atoms with E-state index in [0.29, 0.717) is 30.4 Å². The number of hydrogen-bond acceptors (Lipinski definition) is 5. The molecule has 0 aliphatic carbocycles. The lowest BCUT2D eigenvalue weighted by molar-refractivity contribution is -0.0250. The molecular weight excluding hydrogens is 354 g/mol. The molecule has 2 fully saturated rings. The lowest BCUT2D eigenvalue weighted by atomic mass is 10.2. The van der Waals surface area contributed by atoms with E-state index in [1.807, 2.05) is 13.1 Å². The van der Waals surface area contributed by atoms with Crippen molar-refractivity contribution in [3.63, 3.8) is 0 Å². The molecule has 0 radical (unpaired) electrons. The topological polar surface area (TPSA) is 63.5 Å². The van der Waals surface area contributed by atoms with Gasteiger partial charge < -0.3 is 19.1 Å². The van der Waals surface area contributed by atoms with E-state index in [4.69, 9.17) is 21.3 Å². The van der Waals surface area contributed by atoms with E-state index < -0.39 is 0 Å².